The zero-order chi connectivity index (χ0) is 27.9. The van der Waals surface area contributed by atoms with Crippen molar-refractivity contribution >= 4 is 29.5 Å². The van der Waals surface area contributed by atoms with Crippen molar-refractivity contribution in [2.24, 2.45) is 0 Å². The zero-order valence-corrected chi connectivity index (χ0v) is 21.8. The Balaban J connectivity index is 1.48. The van der Waals surface area contributed by atoms with Crippen molar-refractivity contribution in [3.05, 3.63) is 101 Å². The molecule has 9 heteroatoms. The number of carbonyl (C=O) groups excluding carboxylic acids is 2. The number of rotatable bonds is 9. The number of aliphatic carboxylic acids is 1. The Kier molecular flexibility index (Phi) is 8.40. The van der Waals surface area contributed by atoms with E-state index in [-0.39, 0.29) is 11.8 Å². The van der Waals surface area contributed by atoms with Gasteiger partial charge in [0.2, 0.25) is 5.88 Å². The molecule has 0 fully saturated rings. The second kappa shape index (κ2) is 12.1. The van der Waals surface area contributed by atoms with E-state index in [1.165, 1.54) is 0 Å². The Bertz CT molecular complexity index is 1460. The highest BCUT2D eigenvalue weighted by Crippen LogP contribution is 2.33. The Hall–Kier alpha value is -4.92. The summed E-state index contributed by atoms with van der Waals surface area (Å²) in [4.78, 5) is 37.2. The van der Waals surface area contributed by atoms with Crippen LogP contribution >= 0.6 is 0 Å². The number of aromatic nitrogens is 1. The van der Waals surface area contributed by atoms with Crippen LogP contribution in [0.15, 0.2) is 83.4 Å². The van der Waals surface area contributed by atoms with Crippen LogP contribution in [0.4, 0.5) is 16.4 Å². The number of amides is 2. The largest absolute Gasteiger partial charge is 0.481 e. The number of carboxylic acids is 1. The molecule has 4 aromatic rings. The average molecular weight is 528 g/mol. The second-order valence-corrected chi connectivity index (χ2v) is 8.97. The molecule has 0 aliphatic rings. The van der Waals surface area contributed by atoms with Gasteiger partial charge in [-0.05, 0) is 55.2 Å². The first-order chi connectivity index (χ1) is 18.8. The average Bonchev–Trinajstić information content (AvgIpc) is 3.29. The number of para-hydroxylation sites is 1. The Morgan fingerprint density at radius 3 is 2.28 bits per heavy atom. The summed E-state index contributed by atoms with van der Waals surface area (Å²) in [7, 11) is 0. The van der Waals surface area contributed by atoms with Crippen LogP contribution in [-0.4, -0.2) is 28.2 Å². The zero-order valence-electron chi connectivity index (χ0n) is 21.8. The van der Waals surface area contributed by atoms with Crippen LogP contribution in [0.1, 0.15) is 59.5 Å². The lowest BCUT2D eigenvalue weighted by Gasteiger charge is -2.16. The van der Waals surface area contributed by atoms with Gasteiger partial charge in [0.15, 0.2) is 0 Å². The lowest BCUT2D eigenvalue weighted by Crippen LogP contribution is -2.17. The van der Waals surface area contributed by atoms with Crippen molar-refractivity contribution in [1.29, 1.82) is 0 Å². The summed E-state index contributed by atoms with van der Waals surface area (Å²) in [5, 5.41) is 19.0. The van der Waals surface area contributed by atoms with Crippen LogP contribution in [0, 0.1) is 6.92 Å². The Labute approximate surface area is 225 Å². The summed E-state index contributed by atoms with van der Waals surface area (Å²) in [5.41, 5.74) is 4.00. The topological polar surface area (TPSA) is 131 Å². The fourth-order valence-corrected chi connectivity index (χ4v) is 4.29. The number of nitrogens with zero attached hydrogens (tertiary/aromatic N) is 1. The van der Waals surface area contributed by atoms with Crippen molar-refractivity contribution < 1.29 is 28.8 Å². The van der Waals surface area contributed by atoms with Gasteiger partial charge in [-0.15, -0.1) is 0 Å². The number of hydrogen-bond acceptors (Lipinski definition) is 6. The first-order valence-corrected chi connectivity index (χ1v) is 12.5. The summed E-state index contributed by atoms with van der Waals surface area (Å²) in [5.74, 6) is -1.93. The van der Waals surface area contributed by atoms with Gasteiger partial charge in [-0.25, -0.2) is 4.79 Å². The molecule has 0 aliphatic heterocycles. The Morgan fingerprint density at radius 2 is 1.62 bits per heavy atom. The first kappa shape index (κ1) is 27.1. The van der Waals surface area contributed by atoms with Gasteiger partial charge in [-0.3, -0.25) is 14.9 Å². The molecule has 0 radical (unpaired) electrons. The highest BCUT2D eigenvalue weighted by Gasteiger charge is 2.23. The predicted octanol–water partition coefficient (Wildman–Crippen LogP) is 6.79. The molecule has 4 rings (SSSR count). The van der Waals surface area contributed by atoms with E-state index in [4.69, 9.17) is 9.26 Å². The molecule has 0 saturated heterocycles. The molecule has 2 unspecified atom stereocenters. The molecule has 0 saturated carbocycles. The van der Waals surface area contributed by atoms with Gasteiger partial charge in [-0.2, -0.15) is 0 Å². The standard InChI is InChI=1S/C30H29N3O6/c1-4-23(29(35)36)24-12-8-9-13-25(24)31-27(34)22-16-14-21(15-17-22)26-18(2)33-39-28(26)32-30(37)38-19(3)20-10-6-5-7-11-20/h5-17,19,23H,4H2,1-3H3,(H,31,34)(H,32,37)(H,35,36). The van der Waals surface area contributed by atoms with Gasteiger partial charge >= 0.3 is 12.1 Å². The molecular formula is C30H29N3O6. The van der Waals surface area contributed by atoms with Gasteiger partial charge in [-0.1, -0.05) is 72.7 Å². The fourth-order valence-electron chi connectivity index (χ4n) is 4.29. The molecule has 0 bridgehead atoms. The number of ether oxygens (including phenoxy) is 1. The maximum absolute atomic E-state index is 13.0. The molecule has 0 spiro atoms. The van der Waals surface area contributed by atoms with Gasteiger partial charge in [0.05, 0.1) is 17.2 Å². The quantitative estimate of drug-likeness (QED) is 0.218. The van der Waals surface area contributed by atoms with E-state index in [0.29, 0.717) is 40.1 Å². The number of aryl methyl sites for hydroxylation is 1. The smallest absolute Gasteiger partial charge is 0.414 e. The SMILES string of the molecule is CCC(C(=O)O)c1ccccc1NC(=O)c1ccc(-c2c(C)noc2NC(=O)OC(C)c2ccccc2)cc1. The van der Waals surface area contributed by atoms with E-state index in [1.54, 1.807) is 69.3 Å². The van der Waals surface area contributed by atoms with Crippen molar-refractivity contribution in [2.45, 2.75) is 39.2 Å². The van der Waals surface area contributed by atoms with E-state index in [2.05, 4.69) is 15.8 Å². The van der Waals surface area contributed by atoms with Crippen LogP contribution in [0.5, 0.6) is 0 Å². The normalized spacial score (nSPS) is 12.3. The number of anilines is 2. The van der Waals surface area contributed by atoms with Gasteiger partial charge in [0.1, 0.15) is 6.10 Å². The van der Waals surface area contributed by atoms with Crippen molar-refractivity contribution in [2.75, 3.05) is 10.6 Å². The molecule has 3 aromatic carbocycles. The maximum Gasteiger partial charge on any atom is 0.414 e. The lowest BCUT2D eigenvalue weighted by atomic mass is 9.95. The summed E-state index contributed by atoms with van der Waals surface area (Å²) in [6.07, 6.45) is -0.765. The van der Waals surface area contributed by atoms with Crippen LogP contribution in [0.2, 0.25) is 0 Å². The maximum atomic E-state index is 13.0. The third-order valence-corrected chi connectivity index (χ3v) is 6.36. The van der Waals surface area contributed by atoms with Crippen LogP contribution in [0.3, 0.4) is 0 Å². The number of benzene rings is 3. The van der Waals surface area contributed by atoms with Gasteiger partial charge in [0, 0.05) is 11.3 Å². The van der Waals surface area contributed by atoms with Crippen LogP contribution in [0.25, 0.3) is 11.1 Å². The number of hydrogen-bond donors (Lipinski definition) is 3. The number of carbonyl (C=O) groups is 3. The Morgan fingerprint density at radius 1 is 0.949 bits per heavy atom. The molecule has 2 atom stereocenters. The van der Waals surface area contributed by atoms with E-state index >= 15 is 0 Å². The monoisotopic (exact) mass is 527 g/mol. The van der Waals surface area contributed by atoms with E-state index < -0.39 is 24.1 Å². The molecule has 0 aliphatic carbocycles. The lowest BCUT2D eigenvalue weighted by molar-refractivity contribution is -0.138. The van der Waals surface area contributed by atoms with Gasteiger partial charge in [0.25, 0.3) is 5.91 Å². The molecule has 3 N–H and O–H groups in total. The second-order valence-electron chi connectivity index (χ2n) is 8.97. The first-order valence-electron chi connectivity index (χ1n) is 12.5. The van der Waals surface area contributed by atoms with Crippen molar-refractivity contribution in [1.82, 2.24) is 5.16 Å². The van der Waals surface area contributed by atoms with Crippen LogP contribution < -0.4 is 10.6 Å². The van der Waals surface area contributed by atoms with Gasteiger partial charge < -0.3 is 19.7 Å². The van der Waals surface area contributed by atoms with E-state index in [1.807, 2.05) is 30.3 Å². The predicted molar refractivity (Wildman–Crippen MR) is 147 cm³/mol. The minimum absolute atomic E-state index is 0.128. The number of carboxylic acid groups (broad SMARTS) is 1. The van der Waals surface area contributed by atoms with Crippen molar-refractivity contribution in [3.63, 3.8) is 0 Å². The van der Waals surface area contributed by atoms with Crippen LogP contribution in [-0.2, 0) is 9.53 Å². The molecule has 39 heavy (non-hydrogen) atoms. The third kappa shape index (κ3) is 6.32. The number of nitrogens with one attached hydrogen (secondary N) is 2. The highest BCUT2D eigenvalue weighted by molar-refractivity contribution is 6.05. The minimum atomic E-state index is -0.949. The van der Waals surface area contributed by atoms with E-state index in [9.17, 15) is 19.5 Å². The summed E-state index contributed by atoms with van der Waals surface area (Å²) in [6.45, 7) is 5.30. The molecule has 1 heterocycles. The highest BCUT2D eigenvalue weighted by atomic mass is 16.6. The molecule has 200 valence electrons. The molecule has 2 amide bonds. The van der Waals surface area contributed by atoms with Crippen molar-refractivity contribution in [3.8, 4) is 11.1 Å². The van der Waals surface area contributed by atoms with E-state index in [0.717, 1.165) is 5.56 Å². The molecular weight excluding hydrogens is 498 g/mol. The molecule has 1 aromatic heterocycles. The fraction of sp³-hybridized carbons (Fsp3) is 0.200. The summed E-state index contributed by atoms with van der Waals surface area (Å²) < 4.78 is 10.8. The molecule has 9 nitrogen and oxygen atoms in total. The summed E-state index contributed by atoms with van der Waals surface area (Å²) >= 11 is 0. The third-order valence-electron chi connectivity index (χ3n) is 6.36. The summed E-state index contributed by atoms with van der Waals surface area (Å²) in [6, 6.07) is 22.9. The minimum Gasteiger partial charge on any atom is -0.481 e.